The van der Waals surface area contributed by atoms with Crippen LogP contribution in [0.15, 0.2) is 12.2 Å². The first kappa shape index (κ1) is 14.2. The second-order valence-electron chi connectivity index (χ2n) is 11.3. The number of ether oxygens (including phenoxy) is 1. The molecule has 16 unspecified atom stereocenters. The Hall–Kier alpha value is -0.830. The fourth-order valence-electron chi connectivity index (χ4n) is 11.3. The van der Waals surface area contributed by atoms with Crippen LogP contribution in [0.1, 0.15) is 26.2 Å². The summed E-state index contributed by atoms with van der Waals surface area (Å²) in [6.45, 7) is 2.22. The zero-order valence-electron chi connectivity index (χ0n) is 15.3. The lowest BCUT2D eigenvalue weighted by Crippen LogP contribution is -2.52. The summed E-state index contributed by atoms with van der Waals surface area (Å²) >= 11 is 0. The van der Waals surface area contributed by atoms with Crippen LogP contribution >= 0.6 is 0 Å². The van der Waals surface area contributed by atoms with Crippen LogP contribution in [0, 0.1) is 82.9 Å². The largest absolute Gasteiger partial charge is 0.481 e. The van der Waals surface area contributed by atoms with Crippen LogP contribution in [0.25, 0.3) is 0 Å². The molecular weight excluding hydrogens is 324 g/mol. The Bertz CT molecular complexity index is 759. The molecule has 3 heteroatoms. The van der Waals surface area contributed by atoms with Crippen LogP contribution in [0.3, 0.4) is 0 Å². The van der Waals surface area contributed by atoms with Gasteiger partial charge in [-0.2, -0.15) is 0 Å². The summed E-state index contributed by atoms with van der Waals surface area (Å²) in [5.74, 6) is 9.13. The number of rotatable bonds is 1. The van der Waals surface area contributed by atoms with Crippen LogP contribution < -0.4 is 0 Å². The number of carboxylic acids is 1. The maximum absolute atomic E-state index is 11.9. The second kappa shape index (κ2) is 4.11. The van der Waals surface area contributed by atoms with Crippen molar-refractivity contribution in [3.63, 3.8) is 0 Å². The standard InChI is InChI=1S/C23H28O3/c1-7-10-5-11(14(7)23(24)25)18-17(10)21-19-12-6-13(20(19)22(18)26-21)16-9-3-2-8(4-9)15(12)16/h2-3,7-22H,4-6H2,1H3,(H,24,25). The lowest BCUT2D eigenvalue weighted by atomic mass is 9.53. The van der Waals surface area contributed by atoms with Crippen molar-refractivity contribution in [3.8, 4) is 0 Å². The first-order valence-electron chi connectivity index (χ1n) is 11.2. The molecule has 8 bridgehead atoms. The van der Waals surface area contributed by atoms with E-state index >= 15 is 0 Å². The van der Waals surface area contributed by atoms with Gasteiger partial charge in [0.1, 0.15) is 0 Å². The highest BCUT2D eigenvalue weighted by Gasteiger charge is 2.78. The minimum Gasteiger partial charge on any atom is -0.481 e. The van der Waals surface area contributed by atoms with Crippen molar-refractivity contribution in [2.75, 3.05) is 0 Å². The van der Waals surface area contributed by atoms with Crippen LogP contribution in [-0.4, -0.2) is 23.3 Å². The van der Waals surface area contributed by atoms with Gasteiger partial charge in [0.25, 0.3) is 0 Å². The van der Waals surface area contributed by atoms with Crippen molar-refractivity contribution >= 4 is 5.97 Å². The van der Waals surface area contributed by atoms with Gasteiger partial charge in [0.2, 0.25) is 0 Å². The Morgan fingerprint density at radius 1 is 0.808 bits per heavy atom. The maximum Gasteiger partial charge on any atom is 0.307 e. The van der Waals surface area contributed by atoms with E-state index in [4.69, 9.17) is 4.74 Å². The molecule has 26 heavy (non-hydrogen) atoms. The fourth-order valence-corrected chi connectivity index (χ4v) is 11.3. The van der Waals surface area contributed by atoms with Gasteiger partial charge in [0.05, 0.1) is 18.1 Å². The van der Waals surface area contributed by atoms with E-state index in [0.717, 1.165) is 47.3 Å². The number of hydrogen-bond donors (Lipinski definition) is 1. The average Bonchev–Trinajstić information content (AvgIpc) is 3.44. The molecular formula is C23H28O3. The van der Waals surface area contributed by atoms with E-state index < -0.39 is 5.97 Å². The number of aliphatic carboxylic acids is 1. The number of hydrogen-bond acceptors (Lipinski definition) is 2. The first-order valence-corrected chi connectivity index (χ1v) is 11.2. The zero-order valence-corrected chi connectivity index (χ0v) is 15.3. The molecule has 8 rings (SSSR count). The average molecular weight is 352 g/mol. The van der Waals surface area contributed by atoms with Crippen LogP contribution in [-0.2, 0) is 9.53 Å². The third kappa shape index (κ3) is 1.23. The predicted molar refractivity (Wildman–Crippen MR) is 93.8 cm³/mol. The van der Waals surface area contributed by atoms with Gasteiger partial charge < -0.3 is 9.84 Å². The van der Waals surface area contributed by atoms with Crippen LogP contribution in [0.2, 0.25) is 0 Å². The summed E-state index contributed by atoms with van der Waals surface area (Å²) in [6.07, 6.45) is 10.1. The Morgan fingerprint density at radius 3 is 1.96 bits per heavy atom. The summed E-state index contributed by atoms with van der Waals surface area (Å²) in [6, 6.07) is 0. The predicted octanol–water partition coefficient (Wildman–Crippen LogP) is 3.31. The summed E-state index contributed by atoms with van der Waals surface area (Å²) in [7, 11) is 0. The zero-order chi connectivity index (χ0) is 17.1. The Kier molecular flexibility index (Phi) is 2.25. The summed E-state index contributed by atoms with van der Waals surface area (Å²) in [5, 5.41) is 9.83. The molecule has 16 atom stereocenters. The minimum absolute atomic E-state index is 0.0978. The quantitative estimate of drug-likeness (QED) is 0.582. The van der Waals surface area contributed by atoms with Gasteiger partial charge in [-0.1, -0.05) is 19.1 Å². The molecule has 0 aromatic rings. The van der Waals surface area contributed by atoms with Gasteiger partial charge in [-0.25, -0.2) is 0 Å². The fraction of sp³-hybridized carbons (Fsp3) is 0.870. The molecule has 0 aromatic heterocycles. The van der Waals surface area contributed by atoms with E-state index in [-0.39, 0.29) is 5.92 Å². The Morgan fingerprint density at radius 2 is 1.35 bits per heavy atom. The highest BCUT2D eigenvalue weighted by molar-refractivity contribution is 5.71. The Labute approximate surface area is 154 Å². The van der Waals surface area contributed by atoms with Crippen molar-refractivity contribution in [1.29, 1.82) is 0 Å². The molecule has 2 aliphatic heterocycles. The van der Waals surface area contributed by atoms with E-state index in [1.165, 1.54) is 19.3 Å². The molecule has 1 N–H and O–H groups in total. The molecule has 0 spiro atoms. The molecule has 2 heterocycles. The SMILES string of the molecule is CC1C2CC(C1C(=O)O)C1C3OC(C21)C1C2CC(C4C5C=CC(C5)C24)C31. The van der Waals surface area contributed by atoms with Gasteiger partial charge in [-0.3, -0.25) is 4.79 Å². The van der Waals surface area contributed by atoms with E-state index in [0.29, 0.717) is 41.8 Å². The molecule has 6 aliphatic carbocycles. The lowest BCUT2D eigenvalue weighted by Gasteiger charge is -2.48. The Balaban J connectivity index is 1.20. The van der Waals surface area contributed by atoms with Crippen molar-refractivity contribution in [2.45, 2.75) is 38.4 Å². The summed E-state index contributed by atoms with van der Waals surface area (Å²) in [5.41, 5.74) is 0. The third-order valence-corrected chi connectivity index (χ3v) is 11.3. The van der Waals surface area contributed by atoms with Gasteiger partial charge >= 0.3 is 5.97 Å². The van der Waals surface area contributed by atoms with Crippen LogP contribution in [0.5, 0.6) is 0 Å². The molecule has 5 saturated carbocycles. The van der Waals surface area contributed by atoms with Gasteiger partial charge in [0, 0.05) is 0 Å². The molecule has 0 radical (unpaired) electrons. The highest BCUT2D eigenvalue weighted by Crippen LogP contribution is 2.78. The van der Waals surface area contributed by atoms with Gasteiger partial charge in [-0.05, 0) is 96.2 Å². The number of carbonyl (C=O) groups is 1. The summed E-state index contributed by atoms with van der Waals surface area (Å²) in [4.78, 5) is 11.9. The van der Waals surface area contributed by atoms with E-state index in [1.807, 2.05) is 0 Å². The highest BCUT2D eigenvalue weighted by atomic mass is 16.5. The third-order valence-electron chi connectivity index (χ3n) is 11.3. The normalized spacial score (nSPS) is 72.3. The van der Waals surface area contributed by atoms with Crippen molar-refractivity contribution in [2.24, 2.45) is 82.9 Å². The first-order chi connectivity index (χ1) is 12.6. The van der Waals surface area contributed by atoms with Crippen molar-refractivity contribution in [3.05, 3.63) is 12.2 Å². The van der Waals surface area contributed by atoms with Gasteiger partial charge in [0.15, 0.2) is 0 Å². The second-order valence-corrected chi connectivity index (χ2v) is 11.3. The number of fused-ring (bicyclic) bond motifs is 23. The number of carboxylic acid groups (broad SMARTS) is 1. The van der Waals surface area contributed by atoms with Crippen molar-refractivity contribution < 1.29 is 14.6 Å². The topological polar surface area (TPSA) is 46.5 Å². The van der Waals surface area contributed by atoms with Crippen LogP contribution in [0.4, 0.5) is 0 Å². The molecule has 0 amide bonds. The van der Waals surface area contributed by atoms with Crippen molar-refractivity contribution in [1.82, 2.24) is 0 Å². The van der Waals surface area contributed by atoms with E-state index in [1.54, 1.807) is 0 Å². The molecule has 7 fully saturated rings. The van der Waals surface area contributed by atoms with E-state index in [9.17, 15) is 9.90 Å². The molecule has 8 aliphatic rings. The van der Waals surface area contributed by atoms with E-state index in [2.05, 4.69) is 19.1 Å². The summed E-state index contributed by atoms with van der Waals surface area (Å²) < 4.78 is 6.79. The monoisotopic (exact) mass is 352 g/mol. The maximum atomic E-state index is 11.9. The molecule has 138 valence electrons. The lowest BCUT2D eigenvalue weighted by molar-refractivity contribution is -0.148. The molecule has 0 aromatic carbocycles. The smallest absolute Gasteiger partial charge is 0.307 e. The van der Waals surface area contributed by atoms with Gasteiger partial charge in [-0.15, -0.1) is 0 Å². The number of allylic oxidation sites excluding steroid dienone is 2. The molecule has 3 nitrogen and oxygen atoms in total. The molecule has 2 saturated heterocycles. The minimum atomic E-state index is -0.533.